The third kappa shape index (κ3) is 4.75. The Balaban J connectivity index is 2.15. The lowest BCUT2D eigenvalue weighted by molar-refractivity contribution is -0.124. The second kappa shape index (κ2) is 4.92. The molecule has 0 aromatic carbocycles. The van der Waals surface area contributed by atoms with Crippen molar-refractivity contribution in [2.75, 3.05) is 6.61 Å². The zero-order chi connectivity index (χ0) is 10.6. The Bertz CT molecular complexity index is 191. The molecule has 2 nitrogen and oxygen atoms in total. The topological polar surface area (TPSA) is 26.3 Å². The summed E-state index contributed by atoms with van der Waals surface area (Å²) in [4.78, 5) is 11.2. The lowest BCUT2D eigenvalue weighted by Gasteiger charge is -2.24. The van der Waals surface area contributed by atoms with Crippen molar-refractivity contribution in [3.05, 3.63) is 0 Å². The van der Waals surface area contributed by atoms with Crippen molar-refractivity contribution < 1.29 is 9.53 Å². The molecular weight excluding hydrogens is 176 g/mol. The van der Waals surface area contributed by atoms with Gasteiger partial charge in [0.2, 0.25) is 0 Å². The minimum absolute atomic E-state index is 0.207. The third-order valence-electron chi connectivity index (χ3n) is 2.64. The van der Waals surface area contributed by atoms with Crippen LogP contribution in [0.4, 0.5) is 0 Å². The van der Waals surface area contributed by atoms with E-state index in [-0.39, 0.29) is 6.10 Å². The molecule has 0 radical (unpaired) electrons. The first-order valence-electron chi connectivity index (χ1n) is 5.61. The van der Waals surface area contributed by atoms with Crippen LogP contribution in [-0.2, 0) is 9.53 Å². The molecular formula is C12H22O2. The predicted molar refractivity (Wildman–Crippen MR) is 57.3 cm³/mol. The van der Waals surface area contributed by atoms with Gasteiger partial charge in [-0.15, -0.1) is 0 Å². The molecule has 0 amide bonds. The van der Waals surface area contributed by atoms with Crippen LogP contribution in [0, 0.1) is 5.41 Å². The van der Waals surface area contributed by atoms with Crippen molar-refractivity contribution in [3.8, 4) is 0 Å². The van der Waals surface area contributed by atoms with Crippen molar-refractivity contribution in [2.45, 2.75) is 59.0 Å². The van der Waals surface area contributed by atoms with Crippen LogP contribution in [0.5, 0.6) is 0 Å². The van der Waals surface area contributed by atoms with Crippen LogP contribution < -0.4 is 0 Å². The average molecular weight is 198 g/mol. The van der Waals surface area contributed by atoms with Gasteiger partial charge >= 0.3 is 0 Å². The van der Waals surface area contributed by atoms with Gasteiger partial charge in [-0.3, -0.25) is 4.79 Å². The highest BCUT2D eigenvalue weighted by molar-refractivity contribution is 5.79. The third-order valence-corrected chi connectivity index (χ3v) is 2.64. The highest BCUT2D eigenvalue weighted by atomic mass is 16.5. The van der Waals surface area contributed by atoms with Gasteiger partial charge in [0.1, 0.15) is 5.78 Å². The molecule has 1 aliphatic rings. The number of hydrogen-bond acceptors (Lipinski definition) is 2. The summed E-state index contributed by atoms with van der Waals surface area (Å²) in [6.45, 7) is 7.43. The molecule has 0 aromatic heterocycles. The highest BCUT2D eigenvalue weighted by Gasteiger charge is 2.20. The largest absolute Gasteiger partial charge is 0.378 e. The van der Waals surface area contributed by atoms with Crippen molar-refractivity contribution >= 4 is 5.78 Å². The van der Waals surface area contributed by atoms with Gasteiger partial charge in [-0.25, -0.2) is 0 Å². The van der Waals surface area contributed by atoms with Crippen LogP contribution in [0.3, 0.4) is 0 Å². The van der Waals surface area contributed by atoms with E-state index in [2.05, 4.69) is 20.8 Å². The van der Waals surface area contributed by atoms with Crippen LogP contribution in [0.25, 0.3) is 0 Å². The number of carbonyl (C=O) groups excluding carboxylic acids is 1. The molecule has 2 heteroatoms. The summed E-state index contributed by atoms with van der Waals surface area (Å²) >= 11 is 0. The van der Waals surface area contributed by atoms with E-state index < -0.39 is 0 Å². The maximum absolute atomic E-state index is 11.2. The summed E-state index contributed by atoms with van der Waals surface area (Å²) in [5.74, 6) is 0.372. The Morgan fingerprint density at radius 1 is 1.43 bits per heavy atom. The van der Waals surface area contributed by atoms with Crippen molar-refractivity contribution in [1.29, 1.82) is 0 Å². The molecule has 0 spiro atoms. The van der Waals surface area contributed by atoms with Gasteiger partial charge < -0.3 is 4.74 Å². The molecule has 0 saturated heterocycles. The lowest BCUT2D eigenvalue weighted by Crippen LogP contribution is -2.24. The molecule has 1 unspecified atom stereocenters. The summed E-state index contributed by atoms with van der Waals surface area (Å²) in [6, 6.07) is 0. The van der Waals surface area contributed by atoms with E-state index in [1.165, 1.54) is 0 Å². The number of Topliss-reactive ketones (excluding diaryl/α,β-unsaturated/α-hetero) is 1. The van der Waals surface area contributed by atoms with Crippen molar-refractivity contribution in [2.24, 2.45) is 5.41 Å². The minimum atomic E-state index is 0.207. The molecule has 1 atom stereocenters. The van der Waals surface area contributed by atoms with Crippen LogP contribution in [0.1, 0.15) is 52.9 Å². The molecule has 1 rings (SSSR count). The molecule has 14 heavy (non-hydrogen) atoms. The van der Waals surface area contributed by atoms with E-state index in [1.54, 1.807) is 0 Å². The fourth-order valence-electron chi connectivity index (χ4n) is 1.66. The maximum atomic E-state index is 11.2. The standard InChI is InChI=1S/C12H22O2/c1-12(2,3)7-8-14-11-6-4-5-10(13)9-11/h11H,4-9H2,1-3H3. The molecule has 1 aliphatic carbocycles. The van der Waals surface area contributed by atoms with Crippen LogP contribution in [0.2, 0.25) is 0 Å². The Morgan fingerprint density at radius 2 is 2.14 bits per heavy atom. The quantitative estimate of drug-likeness (QED) is 0.697. The second-order valence-corrected chi connectivity index (χ2v) is 5.44. The van der Waals surface area contributed by atoms with Crippen LogP contribution >= 0.6 is 0 Å². The van der Waals surface area contributed by atoms with Crippen LogP contribution in [-0.4, -0.2) is 18.5 Å². The SMILES string of the molecule is CC(C)(C)CCOC1CCCC(=O)C1. The fraction of sp³-hybridized carbons (Fsp3) is 0.917. The van der Waals surface area contributed by atoms with Gasteiger partial charge in [-0.05, 0) is 24.7 Å². The zero-order valence-electron chi connectivity index (χ0n) is 9.64. The van der Waals surface area contributed by atoms with E-state index in [4.69, 9.17) is 4.74 Å². The Kier molecular flexibility index (Phi) is 4.11. The average Bonchev–Trinajstić information content (AvgIpc) is 2.01. The lowest BCUT2D eigenvalue weighted by atomic mass is 9.92. The summed E-state index contributed by atoms with van der Waals surface area (Å²) < 4.78 is 5.71. The first-order chi connectivity index (χ1) is 6.47. The zero-order valence-corrected chi connectivity index (χ0v) is 9.64. The fourth-order valence-corrected chi connectivity index (χ4v) is 1.66. The molecule has 0 N–H and O–H groups in total. The molecule has 0 bridgehead atoms. The smallest absolute Gasteiger partial charge is 0.135 e. The first-order valence-corrected chi connectivity index (χ1v) is 5.61. The Labute approximate surface area is 87.0 Å². The molecule has 1 saturated carbocycles. The Morgan fingerprint density at radius 3 is 2.71 bits per heavy atom. The van der Waals surface area contributed by atoms with E-state index in [0.717, 1.165) is 32.3 Å². The van der Waals surface area contributed by atoms with Crippen LogP contribution in [0.15, 0.2) is 0 Å². The maximum Gasteiger partial charge on any atom is 0.135 e. The summed E-state index contributed by atoms with van der Waals surface area (Å²) in [7, 11) is 0. The van der Waals surface area contributed by atoms with Gasteiger partial charge in [-0.2, -0.15) is 0 Å². The van der Waals surface area contributed by atoms with E-state index in [0.29, 0.717) is 17.6 Å². The summed E-state index contributed by atoms with van der Waals surface area (Å²) in [5.41, 5.74) is 0.332. The van der Waals surface area contributed by atoms with Gasteiger partial charge in [0.15, 0.2) is 0 Å². The normalized spacial score (nSPS) is 23.9. The van der Waals surface area contributed by atoms with E-state index in [9.17, 15) is 4.79 Å². The van der Waals surface area contributed by atoms with E-state index >= 15 is 0 Å². The molecule has 0 aromatic rings. The monoisotopic (exact) mass is 198 g/mol. The summed E-state index contributed by atoms with van der Waals surface area (Å²) in [5, 5.41) is 0. The first kappa shape index (κ1) is 11.7. The molecule has 1 fully saturated rings. The number of hydrogen-bond donors (Lipinski definition) is 0. The van der Waals surface area contributed by atoms with Crippen molar-refractivity contribution in [1.82, 2.24) is 0 Å². The second-order valence-electron chi connectivity index (χ2n) is 5.44. The summed E-state index contributed by atoms with van der Waals surface area (Å²) in [6.07, 6.45) is 4.76. The molecule has 82 valence electrons. The van der Waals surface area contributed by atoms with Gasteiger partial charge in [0.25, 0.3) is 0 Å². The molecule has 0 heterocycles. The molecule has 0 aliphatic heterocycles. The number of carbonyl (C=O) groups is 1. The van der Waals surface area contributed by atoms with Gasteiger partial charge in [0, 0.05) is 19.4 Å². The number of rotatable bonds is 3. The van der Waals surface area contributed by atoms with Gasteiger partial charge in [-0.1, -0.05) is 20.8 Å². The van der Waals surface area contributed by atoms with Crippen molar-refractivity contribution in [3.63, 3.8) is 0 Å². The highest BCUT2D eigenvalue weighted by Crippen LogP contribution is 2.21. The number of ketones is 1. The number of ether oxygens (including phenoxy) is 1. The van der Waals surface area contributed by atoms with Gasteiger partial charge in [0.05, 0.1) is 6.10 Å². The predicted octanol–water partition coefficient (Wildman–Crippen LogP) is 2.95. The minimum Gasteiger partial charge on any atom is -0.378 e. The Hall–Kier alpha value is -0.370. The van der Waals surface area contributed by atoms with E-state index in [1.807, 2.05) is 0 Å².